The summed E-state index contributed by atoms with van der Waals surface area (Å²) >= 11 is 0. The molecule has 3 rings (SSSR count). The molecule has 17 heavy (non-hydrogen) atoms. The summed E-state index contributed by atoms with van der Waals surface area (Å²) in [5.41, 5.74) is 9.57. The molecule has 1 saturated carbocycles. The monoisotopic (exact) mass is 229 g/mol. The maximum Gasteiger partial charge on any atom is 0.0140 e. The van der Waals surface area contributed by atoms with Gasteiger partial charge in [0.2, 0.25) is 0 Å². The normalized spacial score (nSPS) is 33.6. The van der Waals surface area contributed by atoms with Gasteiger partial charge in [-0.05, 0) is 42.2 Å². The van der Waals surface area contributed by atoms with E-state index in [0.717, 1.165) is 11.8 Å². The van der Waals surface area contributed by atoms with E-state index >= 15 is 0 Å². The zero-order valence-corrected chi connectivity index (χ0v) is 10.7. The fraction of sp³-hybridized carbons (Fsp3) is 0.625. The molecule has 0 amide bonds. The molecule has 1 fully saturated rings. The number of benzene rings is 1. The van der Waals surface area contributed by atoms with Gasteiger partial charge >= 0.3 is 0 Å². The smallest absolute Gasteiger partial charge is 0.0140 e. The van der Waals surface area contributed by atoms with E-state index in [2.05, 4.69) is 31.2 Å². The van der Waals surface area contributed by atoms with Crippen LogP contribution in [-0.4, -0.2) is 6.04 Å². The first kappa shape index (κ1) is 11.3. The summed E-state index contributed by atoms with van der Waals surface area (Å²) in [7, 11) is 0. The maximum absolute atomic E-state index is 6.51. The molecule has 0 radical (unpaired) electrons. The summed E-state index contributed by atoms with van der Waals surface area (Å²) in [5.74, 6) is 2.33. The third kappa shape index (κ3) is 2.01. The van der Waals surface area contributed by atoms with Gasteiger partial charge in [0.05, 0.1) is 0 Å². The molecule has 0 heterocycles. The minimum Gasteiger partial charge on any atom is -0.327 e. The summed E-state index contributed by atoms with van der Waals surface area (Å²) in [5, 5.41) is 0. The lowest BCUT2D eigenvalue weighted by atomic mass is 9.67. The molecule has 2 atom stereocenters. The third-order valence-corrected chi connectivity index (χ3v) is 4.96. The number of hydrogen-bond donors (Lipinski definition) is 1. The zero-order chi connectivity index (χ0) is 11.8. The van der Waals surface area contributed by atoms with Crippen LogP contribution in [0.15, 0.2) is 24.3 Å². The molecule has 1 nitrogen and oxygen atoms in total. The highest BCUT2D eigenvalue weighted by molar-refractivity contribution is 5.41. The van der Waals surface area contributed by atoms with Crippen molar-refractivity contribution in [3.63, 3.8) is 0 Å². The average Bonchev–Trinajstić information content (AvgIpc) is 2.31. The highest BCUT2D eigenvalue weighted by atomic mass is 14.7. The van der Waals surface area contributed by atoms with Gasteiger partial charge < -0.3 is 5.73 Å². The Hall–Kier alpha value is -0.820. The van der Waals surface area contributed by atoms with Crippen LogP contribution in [0.1, 0.15) is 49.7 Å². The summed E-state index contributed by atoms with van der Waals surface area (Å²) in [6.45, 7) is 2.38. The quantitative estimate of drug-likeness (QED) is 0.825. The van der Waals surface area contributed by atoms with Gasteiger partial charge in [0.1, 0.15) is 0 Å². The van der Waals surface area contributed by atoms with Gasteiger partial charge in [-0.2, -0.15) is 0 Å². The summed E-state index contributed by atoms with van der Waals surface area (Å²) in [4.78, 5) is 0. The van der Waals surface area contributed by atoms with Crippen molar-refractivity contribution in [2.24, 2.45) is 17.6 Å². The van der Waals surface area contributed by atoms with Crippen LogP contribution in [0.5, 0.6) is 0 Å². The molecule has 0 saturated heterocycles. The molecular formula is C16H23N. The second kappa shape index (κ2) is 4.45. The average molecular weight is 229 g/mol. The molecular weight excluding hydrogens is 206 g/mol. The number of hydrogen-bond acceptors (Lipinski definition) is 1. The van der Waals surface area contributed by atoms with Crippen molar-refractivity contribution in [2.45, 2.75) is 51.0 Å². The maximum atomic E-state index is 6.51. The van der Waals surface area contributed by atoms with Crippen LogP contribution in [0.2, 0.25) is 0 Å². The lowest BCUT2D eigenvalue weighted by Gasteiger charge is -2.40. The third-order valence-electron chi connectivity index (χ3n) is 4.96. The van der Waals surface area contributed by atoms with Crippen LogP contribution in [0.25, 0.3) is 0 Å². The largest absolute Gasteiger partial charge is 0.327 e. The van der Waals surface area contributed by atoms with E-state index in [1.165, 1.54) is 43.2 Å². The molecule has 0 bridgehead atoms. The van der Waals surface area contributed by atoms with E-state index in [1.807, 2.05) is 0 Å². The Morgan fingerprint density at radius 3 is 2.53 bits per heavy atom. The summed E-state index contributed by atoms with van der Waals surface area (Å²) in [6, 6.07) is 9.22. The molecule has 1 aromatic rings. The first-order chi connectivity index (χ1) is 8.25. The Labute approximate surface area is 104 Å². The second-order valence-corrected chi connectivity index (χ2v) is 6.11. The number of fused-ring (bicyclic) bond motifs is 1. The van der Waals surface area contributed by atoms with Gasteiger partial charge in [-0.3, -0.25) is 0 Å². The lowest BCUT2D eigenvalue weighted by Crippen LogP contribution is -2.42. The molecule has 1 aromatic carbocycles. The van der Waals surface area contributed by atoms with Gasteiger partial charge in [-0.25, -0.2) is 0 Å². The molecule has 0 spiro atoms. The highest BCUT2D eigenvalue weighted by Crippen LogP contribution is 2.42. The molecule has 1 heteroatoms. The van der Waals surface area contributed by atoms with Crippen molar-refractivity contribution in [3.05, 3.63) is 35.4 Å². The van der Waals surface area contributed by atoms with Crippen molar-refractivity contribution in [3.8, 4) is 0 Å². The van der Waals surface area contributed by atoms with Gasteiger partial charge in [0.25, 0.3) is 0 Å². The van der Waals surface area contributed by atoms with Crippen LogP contribution in [0.3, 0.4) is 0 Å². The highest BCUT2D eigenvalue weighted by Gasteiger charge is 2.35. The van der Waals surface area contributed by atoms with E-state index < -0.39 is 0 Å². The van der Waals surface area contributed by atoms with Crippen LogP contribution in [-0.2, 0) is 6.42 Å². The van der Waals surface area contributed by atoms with Gasteiger partial charge in [-0.15, -0.1) is 0 Å². The lowest BCUT2D eigenvalue weighted by molar-refractivity contribution is 0.228. The predicted molar refractivity (Wildman–Crippen MR) is 72.0 cm³/mol. The summed E-state index contributed by atoms with van der Waals surface area (Å²) < 4.78 is 0. The molecule has 2 N–H and O–H groups in total. The van der Waals surface area contributed by atoms with Crippen LogP contribution < -0.4 is 5.73 Å². The van der Waals surface area contributed by atoms with E-state index in [9.17, 15) is 0 Å². The van der Waals surface area contributed by atoms with Crippen LogP contribution >= 0.6 is 0 Å². The Balaban J connectivity index is 1.67. The van der Waals surface area contributed by atoms with Crippen molar-refractivity contribution >= 4 is 0 Å². The number of rotatable bonds is 2. The van der Waals surface area contributed by atoms with Gasteiger partial charge in [0, 0.05) is 12.0 Å². The summed E-state index contributed by atoms with van der Waals surface area (Å²) in [6.07, 6.45) is 6.67. The fourth-order valence-electron chi connectivity index (χ4n) is 3.64. The Morgan fingerprint density at radius 2 is 1.82 bits per heavy atom. The minimum atomic E-state index is 0.400. The SMILES string of the molecule is CC1CCC(C(N)C2Cc3ccccc32)CC1. The van der Waals surface area contributed by atoms with Gasteiger partial charge in [0.15, 0.2) is 0 Å². The molecule has 0 aromatic heterocycles. The molecule has 2 aliphatic rings. The van der Waals surface area contributed by atoms with Crippen molar-refractivity contribution in [1.82, 2.24) is 0 Å². The van der Waals surface area contributed by atoms with E-state index in [0.29, 0.717) is 12.0 Å². The fourth-order valence-corrected chi connectivity index (χ4v) is 3.64. The molecule has 2 unspecified atom stereocenters. The van der Waals surface area contributed by atoms with Crippen LogP contribution in [0, 0.1) is 11.8 Å². The van der Waals surface area contributed by atoms with Crippen LogP contribution in [0.4, 0.5) is 0 Å². The molecule has 92 valence electrons. The molecule has 0 aliphatic heterocycles. The van der Waals surface area contributed by atoms with Gasteiger partial charge in [-0.1, -0.05) is 44.0 Å². The first-order valence-electron chi connectivity index (χ1n) is 7.09. The van der Waals surface area contributed by atoms with Crippen molar-refractivity contribution in [1.29, 1.82) is 0 Å². The Kier molecular flexibility index (Phi) is 2.96. The second-order valence-electron chi connectivity index (χ2n) is 6.11. The van der Waals surface area contributed by atoms with Crippen molar-refractivity contribution in [2.75, 3.05) is 0 Å². The predicted octanol–water partition coefficient (Wildman–Crippen LogP) is 3.48. The minimum absolute atomic E-state index is 0.400. The zero-order valence-electron chi connectivity index (χ0n) is 10.7. The van der Waals surface area contributed by atoms with Crippen molar-refractivity contribution < 1.29 is 0 Å². The van der Waals surface area contributed by atoms with E-state index in [4.69, 9.17) is 5.73 Å². The van der Waals surface area contributed by atoms with E-state index in [-0.39, 0.29) is 0 Å². The Morgan fingerprint density at radius 1 is 1.12 bits per heavy atom. The Bertz CT molecular complexity index is 390. The number of nitrogens with two attached hydrogens (primary N) is 1. The molecule has 2 aliphatic carbocycles. The topological polar surface area (TPSA) is 26.0 Å². The standard InChI is InChI=1S/C16H23N/c1-11-6-8-12(9-7-11)16(17)15-10-13-4-2-3-5-14(13)15/h2-5,11-12,15-16H,6-10,17H2,1H3. The van der Waals surface area contributed by atoms with E-state index in [1.54, 1.807) is 0 Å². The first-order valence-corrected chi connectivity index (χ1v) is 7.09.